The van der Waals surface area contributed by atoms with Crippen LogP contribution >= 0.6 is 0 Å². The summed E-state index contributed by atoms with van der Waals surface area (Å²) < 4.78 is 30.4. The number of aromatic nitrogens is 2. The van der Waals surface area contributed by atoms with E-state index < -0.39 is 10.0 Å². The highest BCUT2D eigenvalue weighted by atomic mass is 32.2. The standard InChI is InChI=1S/C28H33N5O4S/c1-4-6-17-32(18-7-5-2)38(36,37)25-19-24(34)27(23-16-12-11-15-22(23)25)30-29-26-20(3)31-33(28(26)35)21-13-9-8-10-14-21/h8-16,19,34-35H,4-7,17-18H2,1-3H3. The lowest BCUT2D eigenvalue weighted by molar-refractivity contribution is 0.395. The largest absolute Gasteiger partial charge is 0.506 e. The summed E-state index contributed by atoms with van der Waals surface area (Å²) in [5, 5.41) is 35.4. The molecule has 1 aromatic heterocycles. The molecule has 0 aliphatic carbocycles. The Kier molecular flexibility index (Phi) is 8.43. The van der Waals surface area contributed by atoms with Gasteiger partial charge < -0.3 is 10.2 Å². The van der Waals surface area contributed by atoms with Crippen LogP contribution in [0.1, 0.15) is 45.2 Å². The first-order valence-corrected chi connectivity index (χ1v) is 14.2. The van der Waals surface area contributed by atoms with Gasteiger partial charge in [0.05, 0.1) is 16.3 Å². The van der Waals surface area contributed by atoms with Gasteiger partial charge in [-0.15, -0.1) is 10.2 Å². The van der Waals surface area contributed by atoms with Crippen LogP contribution in [-0.4, -0.2) is 45.8 Å². The number of hydrogen-bond donors (Lipinski definition) is 2. The Labute approximate surface area is 223 Å². The van der Waals surface area contributed by atoms with Crippen molar-refractivity contribution in [2.45, 2.75) is 51.3 Å². The molecule has 4 rings (SSSR count). The number of fused-ring (bicyclic) bond motifs is 1. The van der Waals surface area contributed by atoms with E-state index in [1.807, 2.05) is 32.0 Å². The Morgan fingerprint density at radius 3 is 2.08 bits per heavy atom. The van der Waals surface area contributed by atoms with Crippen molar-refractivity contribution in [2.24, 2.45) is 10.2 Å². The van der Waals surface area contributed by atoms with E-state index >= 15 is 0 Å². The van der Waals surface area contributed by atoms with Gasteiger partial charge in [-0.2, -0.15) is 14.1 Å². The summed E-state index contributed by atoms with van der Waals surface area (Å²) in [5.74, 6) is -0.507. The van der Waals surface area contributed by atoms with Crippen molar-refractivity contribution < 1.29 is 18.6 Å². The number of benzene rings is 3. The molecule has 4 aromatic rings. The van der Waals surface area contributed by atoms with E-state index in [1.165, 1.54) is 15.1 Å². The summed E-state index contributed by atoms with van der Waals surface area (Å²) in [7, 11) is -3.87. The van der Waals surface area contributed by atoms with Crippen molar-refractivity contribution in [3.05, 3.63) is 66.4 Å². The molecule has 3 aromatic carbocycles. The Hall–Kier alpha value is -3.76. The number of unbranched alkanes of at least 4 members (excludes halogenated alkanes) is 2. The van der Waals surface area contributed by atoms with Crippen LogP contribution in [0.25, 0.3) is 16.5 Å². The summed E-state index contributed by atoms with van der Waals surface area (Å²) in [4.78, 5) is 0.0349. The van der Waals surface area contributed by atoms with Crippen LogP contribution < -0.4 is 0 Å². The number of aromatic hydroxyl groups is 2. The fraction of sp³-hybridized carbons (Fsp3) is 0.321. The SMILES string of the molecule is CCCCN(CCCC)S(=O)(=O)c1cc(O)c(N=Nc2c(C)nn(-c3ccccc3)c2O)c2ccccc12. The quantitative estimate of drug-likeness (QED) is 0.206. The molecule has 0 spiro atoms. The van der Waals surface area contributed by atoms with E-state index in [1.54, 1.807) is 43.3 Å². The molecule has 1 heterocycles. The van der Waals surface area contributed by atoms with Crippen LogP contribution in [0.4, 0.5) is 11.4 Å². The van der Waals surface area contributed by atoms with Gasteiger partial charge in [-0.25, -0.2) is 8.42 Å². The first-order chi connectivity index (χ1) is 18.3. The number of azo groups is 1. The van der Waals surface area contributed by atoms with Crippen LogP contribution in [0.5, 0.6) is 11.6 Å². The minimum absolute atomic E-state index is 0.0349. The summed E-state index contributed by atoms with van der Waals surface area (Å²) in [6, 6.07) is 17.3. The lowest BCUT2D eigenvalue weighted by Gasteiger charge is -2.23. The second-order valence-electron chi connectivity index (χ2n) is 9.10. The highest BCUT2D eigenvalue weighted by Crippen LogP contribution is 2.42. The van der Waals surface area contributed by atoms with Gasteiger partial charge in [0, 0.05) is 29.9 Å². The topological polar surface area (TPSA) is 120 Å². The lowest BCUT2D eigenvalue weighted by Crippen LogP contribution is -2.33. The maximum Gasteiger partial charge on any atom is 0.243 e. The molecular weight excluding hydrogens is 502 g/mol. The number of phenolic OH excluding ortho intramolecular Hbond substituents is 1. The van der Waals surface area contributed by atoms with Crippen molar-refractivity contribution in [1.29, 1.82) is 0 Å². The third-order valence-electron chi connectivity index (χ3n) is 6.35. The predicted molar refractivity (Wildman–Crippen MR) is 148 cm³/mol. The molecule has 0 bridgehead atoms. The molecule has 0 unspecified atom stereocenters. The number of sulfonamides is 1. The molecule has 2 N–H and O–H groups in total. The number of hydrogen-bond acceptors (Lipinski definition) is 7. The lowest BCUT2D eigenvalue weighted by atomic mass is 10.1. The summed E-state index contributed by atoms with van der Waals surface area (Å²) in [5.41, 5.74) is 1.37. The fourth-order valence-corrected chi connectivity index (χ4v) is 6.00. The van der Waals surface area contributed by atoms with Crippen molar-refractivity contribution in [1.82, 2.24) is 14.1 Å². The Morgan fingerprint density at radius 1 is 0.868 bits per heavy atom. The Morgan fingerprint density at radius 2 is 1.45 bits per heavy atom. The molecule has 0 atom stereocenters. The fourth-order valence-electron chi connectivity index (χ4n) is 4.26. The molecule has 38 heavy (non-hydrogen) atoms. The second kappa shape index (κ2) is 11.7. The maximum atomic E-state index is 13.7. The number of phenols is 1. The molecule has 0 fully saturated rings. The van der Waals surface area contributed by atoms with E-state index in [0.717, 1.165) is 25.7 Å². The number of nitrogens with zero attached hydrogens (tertiary/aromatic N) is 5. The van der Waals surface area contributed by atoms with Gasteiger partial charge >= 0.3 is 0 Å². The number of aryl methyl sites for hydroxylation is 1. The normalized spacial score (nSPS) is 12.2. The van der Waals surface area contributed by atoms with Gasteiger partial charge in [-0.1, -0.05) is 69.2 Å². The summed E-state index contributed by atoms with van der Waals surface area (Å²) in [6.45, 7) is 6.57. The van der Waals surface area contributed by atoms with Gasteiger partial charge in [-0.05, 0) is 31.9 Å². The highest BCUT2D eigenvalue weighted by molar-refractivity contribution is 7.89. The zero-order valence-electron chi connectivity index (χ0n) is 21.9. The average Bonchev–Trinajstić information content (AvgIpc) is 3.21. The van der Waals surface area contributed by atoms with E-state index in [4.69, 9.17) is 0 Å². The van der Waals surface area contributed by atoms with Crippen LogP contribution in [0.2, 0.25) is 0 Å². The van der Waals surface area contributed by atoms with E-state index in [-0.39, 0.29) is 27.9 Å². The summed E-state index contributed by atoms with van der Waals surface area (Å²) in [6.07, 6.45) is 3.24. The second-order valence-corrected chi connectivity index (χ2v) is 11.0. The Bertz CT molecular complexity index is 1540. The monoisotopic (exact) mass is 535 g/mol. The Balaban J connectivity index is 1.79. The third-order valence-corrected chi connectivity index (χ3v) is 8.29. The van der Waals surface area contributed by atoms with Gasteiger partial charge in [-0.3, -0.25) is 0 Å². The minimum atomic E-state index is -3.87. The minimum Gasteiger partial charge on any atom is -0.506 e. The van der Waals surface area contributed by atoms with Crippen LogP contribution in [-0.2, 0) is 10.0 Å². The van der Waals surface area contributed by atoms with Gasteiger partial charge in [0.1, 0.15) is 11.4 Å². The number of rotatable bonds is 11. The van der Waals surface area contributed by atoms with Gasteiger partial charge in [0.25, 0.3) is 0 Å². The van der Waals surface area contributed by atoms with E-state index in [9.17, 15) is 18.6 Å². The van der Waals surface area contributed by atoms with Gasteiger partial charge in [0.2, 0.25) is 15.9 Å². The molecule has 0 aliphatic heterocycles. The molecule has 0 saturated carbocycles. The van der Waals surface area contributed by atoms with Crippen molar-refractivity contribution in [2.75, 3.05) is 13.1 Å². The van der Waals surface area contributed by atoms with E-state index in [2.05, 4.69) is 15.3 Å². The maximum absolute atomic E-state index is 13.7. The molecule has 0 saturated heterocycles. The predicted octanol–water partition coefficient (Wildman–Crippen LogP) is 6.75. The molecule has 0 radical (unpaired) electrons. The zero-order chi connectivity index (χ0) is 27.3. The summed E-state index contributed by atoms with van der Waals surface area (Å²) >= 11 is 0. The first kappa shape index (κ1) is 27.3. The van der Waals surface area contributed by atoms with Crippen LogP contribution in [0.15, 0.2) is 75.8 Å². The third kappa shape index (κ3) is 5.41. The molecule has 9 nitrogen and oxygen atoms in total. The molecule has 200 valence electrons. The zero-order valence-corrected chi connectivity index (χ0v) is 22.7. The molecular formula is C28H33N5O4S. The average molecular weight is 536 g/mol. The van der Waals surface area contributed by atoms with Crippen molar-refractivity contribution >= 4 is 32.2 Å². The van der Waals surface area contributed by atoms with Crippen molar-refractivity contribution in [3.8, 4) is 17.3 Å². The molecule has 0 amide bonds. The van der Waals surface area contributed by atoms with E-state index in [0.29, 0.717) is 35.2 Å². The smallest absolute Gasteiger partial charge is 0.243 e. The first-order valence-electron chi connectivity index (χ1n) is 12.8. The molecule has 10 heteroatoms. The van der Waals surface area contributed by atoms with Crippen molar-refractivity contribution in [3.63, 3.8) is 0 Å². The van der Waals surface area contributed by atoms with Crippen LogP contribution in [0, 0.1) is 6.92 Å². The highest BCUT2D eigenvalue weighted by Gasteiger charge is 2.28. The van der Waals surface area contributed by atoms with Gasteiger partial charge in [0.15, 0.2) is 5.69 Å². The van der Waals surface area contributed by atoms with Crippen LogP contribution in [0.3, 0.4) is 0 Å². The number of para-hydroxylation sites is 1. The molecule has 0 aliphatic rings.